The number of carbonyl (C=O) groups excluding carboxylic acids is 3. The lowest BCUT2D eigenvalue weighted by Crippen LogP contribution is -2.55. The van der Waals surface area contributed by atoms with E-state index in [9.17, 15) is 19.5 Å². The van der Waals surface area contributed by atoms with Crippen LogP contribution >= 0.6 is 0 Å². The van der Waals surface area contributed by atoms with Gasteiger partial charge in [0.05, 0.1) is 40.3 Å². The number of carboxylic acids is 1. The number of aliphatic carboxylic acids is 1. The summed E-state index contributed by atoms with van der Waals surface area (Å²) in [5.74, 6) is -1.79. The molecule has 0 bridgehead atoms. The van der Waals surface area contributed by atoms with E-state index < -0.39 is 18.1 Å². The maximum Gasteiger partial charge on any atom is 0.306 e. The molecule has 2 unspecified atom stereocenters. The number of unbranched alkanes of at least 4 members (excludes halogenated alkanes) is 9. The van der Waals surface area contributed by atoms with Crippen LogP contribution in [-0.2, 0) is 28.6 Å². The van der Waals surface area contributed by atoms with Crippen molar-refractivity contribution in [2.24, 2.45) is 0 Å². The molecule has 0 aliphatic rings. The topological polar surface area (TPSA) is 102 Å². The van der Waals surface area contributed by atoms with Crippen molar-refractivity contribution in [3.05, 3.63) is 36.5 Å². The number of nitrogens with zero attached hydrogens (tertiary/aromatic N) is 1. The molecule has 254 valence electrons. The van der Waals surface area contributed by atoms with Crippen LogP contribution in [0.1, 0.15) is 123 Å². The predicted octanol–water partition coefficient (Wildman–Crippen LogP) is 6.62. The smallest absolute Gasteiger partial charge is 0.306 e. The number of hydrogen-bond acceptors (Lipinski definition) is 7. The highest BCUT2D eigenvalue weighted by Gasteiger charge is 2.25. The number of allylic oxidation sites excluding steroid dienone is 6. The van der Waals surface area contributed by atoms with Crippen molar-refractivity contribution >= 4 is 17.9 Å². The van der Waals surface area contributed by atoms with Crippen LogP contribution in [0.5, 0.6) is 0 Å². The lowest BCUT2D eigenvalue weighted by molar-refractivity contribution is -0.889. The zero-order valence-electron chi connectivity index (χ0n) is 28.6. The summed E-state index contributed by atoms with van der Waals surface area (Å²) in [5.41, 5.74) is 0. The second-order valence-corrected chi connectivity index (χ2v) is 12.4. The van der Waals surface area contributed by atoms with E-state index >= 15 is 0 Å². The number of likely N-dealkylation sites (N-methyl/N-ethyl adjacent to an activating group) is 1. The molecule has 0 radical (unpaired) electrons. The summed E-state index contributed by atoms with van der Waals surface area (Å²) >= 11 is 0. The van der Waals surface area contributed by atoms with Gasteiger partial charge in [-0.25, -0.2) is 0 Å². The Hall–Kier alpha value is -2.45. The second-order valence-electron chi connectivity index (χ2n) is 12.4. The Labute approximate surface area is 268 Å². The summed E-state index contributed by atoms with van der Waals surface area (Å²) in [6, 6.07) is -0.727. The Balaban J connectivity index is 4.53. The Bertz CT molecular complexity index is 829. The van der Waals surface area contributed by atoms with Crippen molar-refractivity contribution in [1.82, 2.24) is 0 Å². The lowest BCUT2D eigenvalue weighted by Gasteiger charge is -2.34. The number of carbonyl (C=O) groups is 3. The van der Waals surface area contributed by atoms with Crippen LogP contribution in [0, 0.1) is 0 Å². The van der Waals surface area contributed by atoms with Gasteiger partial charge in [0.1, 0.15) is 12.6 Å². The molecule has 0 saturated heterocycles. The zero-order valence-corrected chi connectivity index (χ0v) is 28.6. The van der Waals surface area contributed by atoms with Crippen molar-refractivity contribution < 1.29 is 38.2 Å². The monoisotopic (exact) mass is 621 g/mol. The molecule has 0 heterocycles. The van der Waals surface area contributed by atoms with Gasteiger partial charge in [-0.1, -0.05) is 95.2 Å². The molecule has 0 fully saturated rings. The molecule has 0 saturated carbocycles. The molecule has 0 rings (SSSR count). The molecule has 0 N–H and O–H groups in total. The molecule has 0 amide bonds. The molecular formula is C36H63NO7. The first kappa shape index (κ1) is 41.5. The SMILES string of the molecule is CC/C=C\C/C=C\C/C=C\CCCCCC(=O)OC(COCCC(C(=O)[O-])[N+](C)(C)C)COC(=O)CCCCCCCCC. The van der Waals surface area contributed by atoms with Crippen LogP contribution < -0.4 is 5.11 Å². The van der Waals surface area contributed by atoms with Gasteiger partial charge < -0.3 is 28.6 Å². The van der Waals surface area contributed by atoms with E-state index in [0.29, 0.717) is 6.42 Å². The minimum absolute atomic E-state index is 0.0293. The van der Waals surface area contributed by atoms with E-state index in [1.54, 1.807) is 21.1 Å². The first-order chi connectivity index (χ1) is 21.1. The minimum atomic E-state index is -1.13. The highest BCUT2D eigenvalue weighted by molar-refractivity contribution is 5.70. The van der Waals surface area contributed by atoms with Gasteiger partial charge in [0.15, 0.2) is 6.10 Å². The van der Waals surface area contributed by atoms with Crippen LogP contribution in [0.3, 0.4) is 0 Å². The van der Waals surface area contributed by atoms with Crippen LogP contribution in [0.2, 0.25) is 0 Å². The molecular weight excluding hydrogens is 558 g/mol. The third kappa shape index (κ3) is 26.0. The summed E-state index contributed by atoms with van der Waals surface area (Å²) in [6.07, 6.45) is 27.6. The van der Waals surface area contributed by atoms with Gasteiger partial charge in [-0.2, -0.15) is 0 Å². The molecule has 0 aliphatic carbocycles. The van der Waals surface area contributed by atoms with Crippen LogP contribution in [0.25, 0.3) is 0 Å². The quantitative estimate of drug-likeness (QED) is 0.0400. The van der Waals surface area contributed by atoms with Gasteiger partial charge in [-0.15, -0.1) is 0 Å². The van der Waals surface area contributed by atoms with E-state index in [2.05, 4.69) is 50.3 Å². The normalized spacial score (nSPS) is 13.6. The largest absolute Gasteiger partial charge is 0.544 e. The standard InChI is InChI=1S/C36H63NO7/c1-6-8-10-12-14-15-16-17-18-19-21-23-25-27-35(39)44-32(30-42-29-28-33(36(40)41)37(3,4)5)31-43-34(38)26-24-22-20-13-11-9-7-2/h8,10,14-15,17-18,32-33H,6-7,9,11-13,16,19-31H2,1-5H3/b10-8-,15-14-,18-17-. The molecule has 0 spiro atoms. The van der Waals surface area contributed by atoms with Gasteiger partial charge >= 0.3 is 11.9 Å². The maximum absolute atomic E-state index is 12.5. The average Bonchev–Trinajstić information content (AvgIpc) is 2.96. The van der Waals surface area contributed by atoms with Crippen molar-refractivity contribution in [3.63, 3.8) is 0 Å². The van der Waals surface area contributed by atoms with Gasteiger partial charge in [-0.3, -0.25) is 9.59 Å². The molecule has 8 heteroatoms. The summed E-state index contributed by atoms with van der Waals surface area (Å²) in [6.45, 7) is 4.43. The summed E-state index contributed by atoms with van der Waals surface area (Å²) in [5, 5.41) is 11.5. The lowest BCUT2D eigenvalue weighted by atomic mass is 10.1. The van der Waals surface area contributed by atoms with E-state index in [0.717, 1.165) is 64.2 Å². The molecule has 44 heavy (non-hydrogen) atoms. The zero-order chi connectivity index (χ0) is 32.9. The van der Waals surface area contributed by atoms with Gasteiger partial charge in [0.25, 0.3) is 0 Å². The van der Waals surface area contributed by atoms with Crippen molar-refractivity contribution in [2.45, 2.75) is 135 Å². The fourth-order valence-corrected chi connectivity index (χ4v) is 4.61. The van der Waals surface area contributed by atoms with E-state index in [-0.39, 0.29) is 49.1 Å². The van der Waals surface area contributed by atoms with Crippen LogP contribution in [-0.4, -0.2) is 75.5 Å². The molecule has 0 aromatic rings. The van der Waals surface area contributed by atoms with E-state index in [1.165, 1.54) is 25.7 Å². The molecule has 0 aliphatic heterocycles. The highest BCUT2D eigenvalue weighted by Crippen LogP contribution is 2.11. The third-order valence-corrected chi connectivity index (χ3v) is 7.29. The Morgan fingerprint density at radius 3 is 1.89 bits per heavy atom. The number of esters is 2. The van der Waals surface area contributed by atoms with Gasteiger partial charge in [0, 0.05) is 19.3 Å². The summed E-state index contributed by atoms with van der Waals surface area (Å²) < 4.78 is 16.9. The summed E-state index contributed by atoms with van der Waals surface area (Å²) in [4.78, 5) is 36.4. The minimum Gasteiger partial charge on any atom is -0.544 e. The first-order valence-corrected chi connectivity index (χ1v) is 17.0. The molecule has 8 nitrogen and oxygen atoms in total. The highest BCUT2D eigenvalue weighted by atomic mass is 16.6. The Kier molecular flexibility index (Phi) is 26.5. The number of carboxylic acid groups (broad SMARTS) is 1. The third-order valence-electron chi connectivity index (χ3n) is 7.29. The van der Waals surface area contributed by atoms with Crippen molar-refractivity contribution in [1.29, 1.82) is 0 Å². The molecule has 0 aromatic carbocycles. The Morgan fingerprint density at radius 2 is 1.27 bits per heavy atom. The van der Waals surface area contributed by atoms with Gasteiger partial charge in [0.2, 0.25) is 0 Å². The van der Waals surface area contributed by atoms with Crippen LogP contribution in [0.15, 0.2) is 36.5 Å². The van der Waals surface area contributed by atoms with Crippen molar-refractivity contribution in [2.75, 3.05) is 41.0 Å². The van der Waals surface area contributed by atoms with E-state index in [1.807, 2.05) is 0 Å². The summed E-state index contributed by atoms with van der Waals surface area (Å²) in [7, 11) is 5.37. The number of quaternary nitrogens is 1. The van der Waals surface area contributed by atoms with Crippen LogP contribution in [0.4, 0.5) is 0 Å². The molecule has 0 aromatic heterocycles. The number of hydrogen-bond donors (Lipinski definition) is 0. The Morgan fingerprint density at radius 1 is 0.705 bits per heavy atom. The number of ether oxygens (including phenoxy) is 3. The van der Waals surface area contributed by atoms with E-state index in [4.69, 9.17) is 14.2 Å². The fourth-order valence-electron chi connectivity index (χ4n) is 4.61. The molecule has 2 atom stereocenters. The van der Waals surface area contributed by atoms with Gasteiger partial charge in [-0.05, 0) is 44.9 Å². The predicted molar refractivity (Wildman–Crippen MR) is 176 cm³/mol. The number of rotatable bonds is 29. The average molecular weight is 622 g/mol. The first-order valence-electron chi connectivity index (χ1n) is 17.0. The van der Waals surface area contributed by atoms with Crippen molar-refractivity contribution in [3.8, 4) is 0 Å². The fraction of sp³-hybridized carbons (Fsp3) is 0.750. The maximum atomic E-state index is 12.5. The second kappa shape index (κ2) is 28.1.